The fourth-order valence-electron chi connectivity index (χ4n) is 0.979. The van der Waals surface area contributed by atoms with Crippen molar-refractivity contribution in [3.05, 3.63) is 32.8 Å². The Morgan fingerprint density at radius 3 is 2.69 bits per heavy atom. The molecule has 0 heterocycles. The zero-order chi connectivity index (χ0) is 10.0. The van der Waals surface area contributed by atoms with E-state index in [-0.39, 0.29) is 11.7 Å². The molecule has 1 rings (SSSR count). The predicted molar refractivity (Wildman–Crippen MR) is 58.9 cm³/mol. The summed E-state index contributed by atoms with van der Waals surface area (Å²) in [6.07, 6.45) is 0. The molecule has 0 fully saturated rings. The van der Waals surface area contributed by atoms with E-state index < -0.39 is 0 Å². The predicted octanol–water partition coefficient (Wildman–Crippen LogP) is 3.83. The van der Waals surface area contributed by atoms with Gasteiger partial charge in [0.25, 0.3) is 0 Å². The third kappa shape index (κ3) is 2.25. The fourth-order valence-corrected chi connectivity index (χ4v) is 2.05. The Kier molecular flexibility index (Phi) is 3.77. The average Bonchev–Trinajstić information content (AvgIpc) is 2.12. The number of hydrogen-bond acceptors (Lipinski definition) is 1. The highest BCUT2D eigenvalue weighted by Gasteiger charge is 2.14. The topological polar surface area (TPSA) is 17.1 Å². The summed E-state index contributed by atoms with van der Waals surface area (Å²) in [6, 6.07) is 3.64. The summed E-state index contributed by atoms with van der Waals surface area (Å²) >= 11 is 14.7. The summed E-state index contributed by atoms with van der Waals surface area (Å²) in [4.78, 5) is 11.4. The number of aryl methyl sites for hydroxylation is 1. The van der Waals surface area contributed by atoms with E-state index in [0.29, 0.717) is 15.1 Å². The van der Waals surface area contributed by atoms with Gasteiger partial charge in [-0.15, -0.1) is 11.6 Å². The van der Waals surface area contributed by atoms with E-state index in [1.165, 1.54) is 0 Å². The molecule has 0 spiro atoms. The van der Waals surface area contributed by atoms with Crippen LogP contribution in [0.2, 0.25) is 5.02 Å². The number of hydrogen-bond donors (Lipinski definition) is 0. The molecule has 0 bridgehead atoms. The van der Waals surface area contributed by atoms with Gasteiger partial charge in [-0.2, -0.15) is 0 Å². The second-order valence-electron chi connectivity index (χ2n) is 2.61. The molecule has 0 saturated heterocycles. The van der Waals surface area contributed by atoms with Gasteiger partial charge in [-0.3, -0.25) is 4.79 Å². The zero-order valence-corrected chi connectivity index (χ0v) is 10.0. The van der Waals surface area contributed by atoms with Crippen LogP contribution in [-0.4, -0.2) is 11.7 Å². The van der Waals surface area contributed by atoms with Crippen molar-refractivity contribution in [3.63, 3.8) is 0 Å². The Hall–Kier alpha value is -0.0500. The zero-order valence-electron chi connectivity index (χ0n) is 6.90. The van der Waals surface area contributed by atoms with Crippen molar-refractivity contribution < 1.29 is 4.79 Å². The van der Waals surface area contributed by atoms with Gasteiger partial charge in [0.05, 0.1) is 16.5 Å². The first-order valence-electron chi connectivity index (χ1n) is 3.61. The molecule has 0 aliphatic rings. The highest BCUT2D eigenvalue weighted by molar-refractivity contribution is 9.10. The Labute approximate surface area is 95.2 Å². The highest BCUT2D eigenvalue weighted by Crippen LogP contribution is 2.28. The van der Waals surface area contributed by atoms with Gasteiger partial charge in [0.1, 0.15) is 0 Å². The Balaban J connectivity index is 3.33. The quantitative estimate of drug-likeness (QED) is 0.595. The van der Waals surface area contributed by atoms with Gasteiger partial charge in [-0.05, 0) is 34.5 Å². The molecule has 0 saturated carbocycles. The number of benzene rings is 1. The lowest BCUT2D eigenvalue weighted by Gasteiger charge is -2.06. The maximum Gasteiger partial charge on any atom is 0.180 e. The Morgan fingerprint density at radius 1 is 1.54 bits per heavy atom. The lowest BCUT2D eigenvalue weighted by atomic mass is 10.1. The minimum Gasteiger partial charge on any atom is -0.293 e. The van der Waals surface area contributed by atoms with Crippen molar-refractivity contribution >= 4 is 44.9 Å². The van der Waals surface area contributed by atoms with Crippen LogP contribution in [0.3, 0.4) is 0 Å². The van der Waals surface area contributed by atoms with Gasteiger partial charge < -0.3 is 0 Å². The van der Waals surface area contributed by atoms with E-state index in [4.69, 9.17) is 23.2 Å². The molecule has 0 amide bonds. The van der Waals surface area contributed by atoms with E-state index in [1.807, 2.05) is 13.0 Å². The average molecular weight is 282 g/mol. The normalized spacial score (nSPS) is 10.2. The van der Waals surface area contributed by atoms with Crippen LogP contribution in [0.4, 0.5) is 0 Å². The van der Waals surface area contributed by atoms with E-state index in [1.54, 1.807) is 6.07 Å². The van der Waals surface area contributed by atoms with Crippen molar-refractivity contribution in [2.24, 2.45) is 0 Å². The smallest absolute Gasteiger partial charge is 0.180 e. The monoisotopic (exact) mass is 280 g/mol. The minimum atomic E-state index is -0.165. The van der Waals surface area contributed by atoms with E-state index in [9.17, 15) is 4.79 Å². The highest BCUT2D eigenvalue weighted by atomic mass is 79.9. The Bertz CT molecular complexity index is 350. The van der Waals surface area contributed by atoms with E-state index >= 15 is 0 Å². The SMILES string of the molecule is Cc1ccc(Br)c(C(=O)CCl)c1Cl. The standard InChI is InChI=1S/C9H7BrCl2O/c1-5-2-3-6(10)8(9(5)12)7(13)4-11/h2-3H,4H2,1H3. The second-order valence-corrected chi connectivity index (χ2v) is 4.11. The number of halogens is 3. The maximum atomic E-state index is 11.4. The van der Waals surface area contributed by atoms with Crippen molar-refractivity contribution in [2.45, 2.75) is 6.92 Å². The van der Waals surface area contributed by atoms with Crippen molar-refractivity contribution in [1.29, 1.82) is 0 Å². The van der Waals surface area contributed by atoms with Gasteiger partial charge in [0.2, 0.25) is 0 Å². The summed E-state index contributed by atoms with van der Waals surface area (Å²) in [6.45, 7) is 1.85. The molecular weight excluding hydrogens is 275 g/mol. The minimum absolute atomic E-state index is 0.0538. The van der Waals surface area contributed by atoms with Crippen LogP contribution in [0.1, 0.15) is 15.9 Å². The summed E-state index contributed by atoms with van der Waals surface area (Å²) in [5.41, 5.74) is 1.34. The number of ketones is 1. The van der Waals surface area contributed by atoms with Gasteiger partial charge >= 0.3 is 0 Å². The second kappa shape index (κ2) is 4.45. The molecule has 13 heavy (non-hydrogen) atoms. The number of rotatable bonds is 2. The van der Waals surface area contributed by atoms with Crippen LogP contribution >= 0.6 is 39.1 Å². The Morgan fingerprint density at radius 2 is 2.15 bits per heavy atom. The van der Waals surface area contributed by atoms with Crippen LogP contribution in [0.5, 0.6) is 0 Å². The summed E-state index contributed by atoms with van der Waals surface area (Å²) in [7, 11) is 0. The number of Topliss-reactive ketones (excluding diaryl/α,β-unsaturated/α-hetero) is 1. The first-order chi connectivity index (χ1) is 6.07. The third-order valence-corrected chi connectivity index (χ3v) is 3.08. The molecule has 0 aliphatic carbocycles. The van der Waals surface area contributed by atoms with Crippen LogP contribution < -0.4 is 0 Å². The van der Waals surface area contributed by atoms with Crippen LogP contribution in [0, 0.1) is 6.92 Å². The number of carbonyl (C=O) groups excluding carboxylic acids is 1. The van der Waals surface area contributed by atoms with Crippen molar-refractivity contribution in [2.75, 3.05) is 5.88 Å². The number of alkyl halides is 1. The third-order valence-electron chi connectivity index (χ3n) is 1.68. The summed E-state index contributed by atoms with van der Waals surface area (Å²) in [5.74, 6) is -0.218. The molecule has 1 aromatic carbocycles. The van der Waals surface area contributed by atoms with Gasteiger partial charge in [0, 0.05) is 4.47 Å². The summed E-state index contributed by atoms with van der Waals surface area (Å²) < 4.78 is 0.689. The van der Waals surface area contributed by atoms with Crippen molar-refractivity contribution in [1.82, 2.24) is 0 Å². The summed E-state index contributed by atoms with van der Waals surface area (Å²) in [5, 5.41) is 0.472. The number of carbonyl (C=O) groups is 1. The van der Waals surface area contributed by atoms with E-state index in [2.05, 4.69) is 15.9 Å². The first-order valence-corrected chi connectivity index (χ1v) is 5.32. The van der Waals surface area contributed by atoms with Gasteiger partial charge in [-0.25, -0.2) is 0 Å². The van der Waals surface area contributed by atoms with Crippen LogP contribution in [-0.2, 0) is 0 Å². The van der Waals surface area contributed by atoms with E-state index in [0.717, 1.165) is 5.56 Å². The molecule has 0 aliphatic heterocycles. The molecular formula is C9H7BrCl2O. The lowest BCUT2D eigenvalue weighted by molar-refractivity contribution is 0.102. The molecule has 4 heteroatoms. The molecule has 0 aromatic heterocycles. The molecule has 0 N–H and O–H groups in total. The van der Waals surface area contributed by atoms with Gasteiger partial charge in [-0.1, -0.05) is 17.7 Å². The van der Waals surface area contributed by atoms with Crippen LogP contribution in [0.15, 0.2) is 16.6 Å². The molecule has 0 atom stereocenters. The molecule has 1 nitrogen and oxygen atoms in total. The molecule has 70 valence electrons. The van der Waals surface area contributed by atoms with Crippen molar-refractivity contribution in [3.8, 4) is 0 Å². The lowest BCUT2D eigenvalue weighted by Crippen LogP contribution is -2.03. The molecule has 0 radical (unpaired) electrons. The first kappa shape index (κ1) is 11.0. The molecule has 0 unspecified atom stereocenters. The van der Waals surface area contributed by atoms with Gasteiger partial charge in [0.15, 0.2) is 5.78 Å². The maximum absolute atomic E-state index is 11.4. The molecule has 1 aromatic rings. The van der Waals surface area contributed by atoms with Crippen LogP contribution in [0.25, 0.3) is 0 Å². The largest absolute Gasteiger partial charge is 0.293 e. The fraction of sp³-hybridized carbons (Fsp3) is 0.222.